The topological polar surface area (TPSA) is 65.0 Å². The number of hydrogen-bond donors (Lipinski definition) is 0. The molecule has 58 heavy (non-hydrogen) atoms. The summed E-state index contributed by atoms with van der Waals surface area (Å²) in [4.78, 5) is 15.5. The first kappa shape index (κ1) is 32.6. The van der Waals surface area contributed by atoms with Crippen LogP contribution in [0.1, 0.15) is 17.2 Å². The van der Waals surface area contributed by atoms with Gasteiger partial charge in [0.25, 0.3) is 0 Å². The van der Waals surface area contributed by atoms with Crippen molar-refractivity contribution in [1.82, 2.24) is 15.0 Å². The van der Waals surface area contributed by atoms with E-state index in [1.54, 1.807) is 0 Å². The Hall–Kier alpha value is -7.63. The number of rotatable bonds is 5. The van der Waals surface area contributed by atoms with Crippen molar-refractivity contribution in [2.45, 2.75) is 5.92 Å². The molecule has 0 amide bonds. The van der Waals surface area contributed by atoms with Gasteiger partial charge in [-0.2, -0.15) is 0 Å². The molecule has 2 aliphatic carbocycles. The van der Waals surface area contributed by atoms with Crippen LogP contribution in [0.2, 0.25) is 0 Å². The molecule has 5 heteroatoms. The minimum absolute atomic E-state index is 0.194. The largest absolute Gasteiger partial charge is 0.460 e. The molecule has 12 rings (SSSR count). The Bertz CT molecular complexity index is 3350. The first-order valence-corrected chi connectivity index (χ1v) is 19.7. The van der Waals surface area contributed by atoms with Crippen LogP contribution in [0.15, 0.2) is 191 Å². The second-order valence-corrected chi connectivity index (χ2v) is 15.1. The maximum absolute atomic E-state index is 6.61. The van der Waals surface area contributed by atoms with Gasteiger partial charge in [-0.05, 0) is 63.4 Å². The van der Waals surface area contributed by atoms with Crippen LogP contribution < -0.4 is 0 Å². The highest BCUT2D eigenvalue weighted by Crippen LogP contribution is 2.46. The van der Waals surface area contributed by atoms with Crippen LogP contribution in [0.4, 0.5) is 0 Å². The molecule has 0 saturated heterocycles. The van der Waals surface area contributed by atoms with E-state index in [9.17, 15) is 0 Å². The van der Waals surface area contributed by atoms with Crippen molar-refractivity contribution < 1.29 is 8.83 Å². The number of hydrogen-bond acceptors (Lipinski definition) is 5. The van der Waals surface area contributed by atoms with E-state index in [4.69, 9.17) is 23.8 Å². The van der Waals surface area contributed by atoms with Crippen molar-refractivity contribution in [3.05, 3.63) is 193 Å². The molecule has 0 spiro atoms. The average Bonchev–Trinajstić information content (AvgIpc) is 3.88. The summed E-state index contributed by atoms with van der Waals surface area (Å²) in [6.45, 7) is 0. The maximum atomic E-state index is 6.61. The minimum Gasteiger partial charge on any atom is -0.460 e. The SMILES string of the molecule is C1=CC2C=Cc3c(oc4cccc(-c5ccc6oc7cccc(-c8nc(-c9ccc(-c%10ccccc%10)cc9)nc(-c9ccc%10ccccc%10c9)n8)c7c6c5)c34)C2C=C1. The first-order valence-electron chi connectivity index (χ1n) is 19.7. The molecule has 10 aromatic rings. The van der Waals surface area contributed by atoms with E-state index >= 15 is 0 Å². The third kappa shape index (κ3) is 5.28. The van der Waals surface area contributed by atoms with Gasteiger partial charge in [-0.25, -0.2) is 15.0 Å². The molecule has 3 aromatic heterocycles. The normalized spacial score (nSPS) is 15.7. The van der Waals surface area contributed by atoms with Crippen molar-refractivity contribution in [2.24, 2.45) is 5.92 Å². The quantitative estimate of drug-likeness (QED) is 0.176. The molecule has 0 saturated carbocycles. The number of benzene rings is 7. The van der Waals surface area contributed by atoms with E-state index < -0.39 is 0 Å². The third-order valence-electron chi connectivity index (χ3n) is 11.7. The van der Waals surface area contributed by atoms with Crippen LogP contribution in [-0.2, 0) is 0 Å². The lowest BCUT2D eigenvalue weighted by atomic mass is 9.80. The molecule has 2 aliphatic rings. The number of allylic oxidation sites excluding steroid dienone is 5. The Morgan fingerprint density at radius 1 is 0.414 bits per heavy atom. The molecule has 5 nitrogen and oxygen atoms in total. The van der Waals surface area contributed by atoms with Crippen molar-refractivity contribution in [3.8, 4) is 56.4 Å². The predicted molar refractivity (Wildman–Crippen MR) is 235 cm³/mol. The van der Waals surface area contributed by atoms with Crippen molar-refractivity contribution in [2.75, 3.05) is 0 Å². The predicted octanol–water partition coefficient (Wildman–Crippen LogP) is 13.9. The zero-order valence-electron chi connectivity index (χ0n) is 31.2. The fourth-order valence-corrected chi connectivity index (χ4v) is 8.83. The summed E-state index contributed by atoms with van der Waals surface area (Å²) in [5, 5.41) is 5.38. The fourth-order valence-electron chi connectivity index (χ4n) is 8.83. The Morgan fingerprint density at radius 2 is 1.09 bits per heavy atom. The lowest BCUT2D eigenvalue weighted by Gasteiger charge is -2.23. The fraction of sp³-hybridized carbons (Fsp3) is 0.0377. The summed E-state index contributed by atoms with van der Waals surface area (Å²) >= 11 is 0. The summed E-state index contributed by atoms with van der Waals surface area (Å²) in [5.41, 5.74) is 10.8. The zero-order chi connectivity index (χ0) is 38.2. The highest BCUT2D eigenvalue weighted by Gasteiger charge is 2.30. The number of nitrogens with zero attached hydrogens (tertiary/aromatic N) is 3. The Morgan fingerprint density at radius 3 is 1.95 bits per heavy atom. The second kappa shape index (κ2) is 13.0. The standard InChI is InChI=1S/C53H33N3O2/c1-2-10-32(11-3-1)34-20-23-36(24-21-34)51-54-52(39-25-22-33-12-4-5-14-37(33)30-39)56-53(55-51)43-17-9-18-46-49(43)44-31-38(27-29-45(44)57-46)40-16-8-19-47-48(40)42-28-26-35-13-6-7-15-41(35)50(42)58-47/h1-31,35,41H. The van der Waals surface area contributed by atoms with Gasteiger partial charge < -0.3 is 8.83 Å². The van der Waals surface area contributed by atoms with Crippen molar-refractivity contribution in [3.63, 3.8) is 0 Å². The van der Waals surface area contributed by atoms with Crippen LogP contribution in [0.3, 0.4) is 0 Å². The molecule has 7 aromatic carbocycles. The number of furan rings is 2. The van der Waals surface area contributed by atoms with E-state index in [1.165, 1.54) is 0 Å². The molecule has 0 N–H and O–H groups in total. The van der Waals surface area contributed by atoms with E-state index in [-0.39, 0.29) is 5.92 Å². The molecule has 3 heterocycles. The van der Waals surface area contributed by atoms with Gasteiger partial charge >= 0.3 is 0 Å². The molecular weight excluding hydrogens is 711 g/mol. The van der Waals surface area contributed by atoms with E-state index in [2.05, 4.69) is 170 Å². The van der Waals surface area contributed by atoms with Gasteiger partial charge in [-0.3, -0.25) is 0 Å². The molecule has 272 valence electrons. The van der Waals surface area contributed by atoms with Crippen LogP contribution >= 0.6 is 0 Å². The van der Waals surface area contributed by atoms with Gasteiger partial charge in [-0.15, -0.1) is 0 Å². The Labute approximate surface area is 334 Å². The van der Waals surface area contributed by atoms with Gasteiger partial charge in [-0.1, -0.05) is 158 Å². The van der Waals surface area contributed by atoms with Gasteiger partial charge in [0.15, 0.2) is 17.5 Å². The van der Waals surface area contributed by atoms with Gasteiger partial charge in [0.1, 0.15) is 22.5 Å². The second-order valence-electron chi connectivity index (χ2n) is 15.1. The van der Waals surface area contributed by atoms with Gasteiger partial charge in [0.05, 0.1) is 0 Å². The van der Waals surface area contributed by atoms with Crippen LogP contribution in [0.5, 0.6) is 0 Å². The van der Waals surface area contributed by atoms with Crippen molar-refractivity contribution in [1.29, 1.82) is 0 Å². The van der Waals surface area contributed by atoms with Gasteiger partial charge in [0.2, 0.25) is 0 Å². The number of fused-ring (bicyclic) bond motifs is 9. The molecule has 0 aliphatic heterocycles. The lowest BCUT2D eigenvalue weighted by molar-refractivity contribution is 0.492. The average molecular weight is 744 g/mol. The third-order valence-corrected chi connectivity index (χ3v) is 11.7. The summed E-state index contributed by atoms with van der Waals surface area (Å²) < 4.78 is 13.2. The molecular formula is C53H33N3O2. The molecule has 2 atom stereocenters. The van der Waals surface area contributed by atoms with E-state index in [1.807, 2.05) is 18.2 Å². The Kier molecular flexibility index (Phi) is 7.29. The maximum Gasteiger partial charge on any atom is 0.164 e. The van der Waals surface area contributed by atoms with Crippen LogP contribution in [-0.4, -0.2) is 15.0 Å². The molecule has 0 fully saturated rings. The molecule has 0 radical (unpaired) electrons. The summed E-state index contributed by atoms with van der Waals surface area (Å²) in [7, 11) is 0. The smallest absolute Gasteiger partial charge is 0.164 e. The van der Waals surface area contributed by atoms with Crippen LogP contribution in [0.25, 0.3) is 106 Å². The summed E-state index contributed by atoms with van der Waals surface area (Å²) in [6, 6.07) is 52.5. The zero-order valence-corrected chi connectivity index (χ0v) is 31.2. The first-order chi connectivity index (χ1) is 28.7. The monoisotopic (exact) mass is 743 g/mol. The molecule has 0 bridgehead atoms. The molecule has 2 unspecified atom stereocenters. The highest BCUT2D eigenvalue weighted by molar-refractivity contribution is 6.13. The van der Waals surface area contributed by atoms with Crippen LogP contribution in [0, 0.1) is 5.92 Å². The van der Waals surface area contributed by atoms with E-state index in [0.29, 0.717) is 23.4 Å². The minimum atomic E-state index is 0.194. The summed E-state index contributed by atoms with van der Waals surface area (Å²) in [5.74, 6) is 3.32. The highest BCUT2D eigenvalue weighted by atomic mass is 16.3. The Balaban J connectivity index is 1.03. The van der Waals surface area contributed by atoms with Gasteiger partial charge in [0, 0.05) is 50.2 Å². The van der Waals surface area contributed by atoms with E-state index in [0.717, 1.165) is 93.9 Å². The van der Waals surface area contributed by atoms with Crippen molar-refractivity contribution >= 4 is 49.8 Å². The lowest BCUT2D eigenvalue weighted by Crippen LogP contribution is -2.11. The number of aromatic nitrogens is 3. The summed E-state index contributed by atoms with van der Waals surface area (Å²) in [6.07, 6.45) is 13.3.